The van der Waals surface area contributed by atoms with Crippen molar-refractivity contribution in [3.05, 3.63) is 35.9 Å². The molecule has 0 radical (unpaired) electrons. The van der Waals surface area contributed by atoms with E-state index in [9.17, 15) is 19.8 Å². The van der Waals surface area contributed by atoms with Gasteiger partial charge in [-0.25, -0.2) is 0 Å². The van der Waals surface area contributed by atoms with Crippen molar-refractivity contribution in [3.8, 4) is 0 Å². The molecule has 19 heavy (non-hydrogen) atoms. The van der Waals surface area contributed by atoms with Crippen LogP contribution in [-0.4, -0.2) is 56.9 Å². The van der Waals surface area contributed by atoms with Crippen LogP contribution in [0, 0.1) is 0 Å². The maximum absolute atomic E-state index is 11.6. The number of benzene rings is 1. The normalized spacial score (nSPS) is 15.6. The molecule has 0 heterocycles. The molecular weight excluding hydrogens is 252 g/mol. The molecule has 0 aromatic heterocycles. The molecule has 1 aromatic rings. The minimum absolute atomic E-state index is 0.196. The van der Waals surface area contributed by atoms with E-state index in [1.54, 1.807) is 30.3 Å². The first-order valence-corrected chi connectivity index (χ1v) is 5.73. The summed E-state index contributed by atoms with van der Waals surface area (Å²) in [6.45, 7) is -0.821. The summed E-state index contributed by atoms with van der Waals surface area (Å²) < 4.78 is 0. The summed E-state index contributed by atoms with van der Waals surface area (Å²) in [6.07, 6.45) is -5.81. The molecule has 104 valence electrons. The van der Waals surface area contributed by atoms with E-state index in [0.717, 1.165) is 0 Å². The van der Waals surface area contributed by atoms with E-state index in [4.69, 9.17) is 10.2 Å². The number of hydrogen-bond acceptors (Lipinski definition) is 6. The van der Waals surface area contributed by atoms with Crippen LogP contribution in [0.2, 0.25) is 0 Å². The molecule has 4 N–H and O–H groups in total. The van der Waals surface area contributed by atoms with E-state index in [-0.39, 0.29) is 6.42 Å². The highest BCUT2D eigenvalue weighted by atomic mass is 16.4. The first-order valence-electron chi connectivity index (χ1n) is 5.73. The zero-order valence-electron chi connectivity index (χ0n) is 10.1. The lowest BCUT2D eigenvalue weighted by Crippen LogP contribution is -2.46. The van der Waals surface area contributed by atoms with Crippen molar-refractivity contribution >= 4 is 11.6 Å². The fourth-order valence-electron chi connectivity index (χ4n) is 1.51. The Hall–Kier alpha value is -1.60. The summed E-state index contributed by atoms with van der Waals surface area (Å²) in [5.41, 5.74) is 0.602. The molecule has 0 aliphatic carbocycles. The Balaban J connectivity index is 2.64. The number of hydrogen-bond donors (Lipinski definition) is 4. The van der Waals surface area contributed by atoms with Gasteiger partial charge in [0.15, 0.2) is 0 Å². The van der Waals surface area contributed by atoms with Gasteiger partial charge in [-0.3, -0.25) is 9.59 Å². The molecule has 0 bridgehead atoms. The second-order valence-electron chi connectivity index (χ2n) is 4.14. The van der Waals surface area contributed by atoms with E-state index >= 15 is 0 Å². The topological polar surface area (TPSA) is 115 Å². The molecule has 0 saturated carbocycles. The van der Waals surface area contributed by atoms with Crippen LogP contribution in [-0.2, 0) is 16.0 Å². The highest BCUT2D eigenvalue weighted by molar-refractivity contribution is 6.39. The van der Waals surface area contributed by atoms with E-state index in [1.807, 2.05) is 0 Å². The van der Waals surface area contributed by atoms with Gasteiger partial charge in [0.05, 0.1) is 6.61 Å². The highest BCUT2D eigenvalue weighted by Crippen LogP contribution is 2.06. The van der Waals surface area contributed by atoms with Crippen LogP contribution in [0.4, 0.5) is 0 Å². The lowest BCUT2D eigenvalue weighted by Gasteiger charge is -2.19. The number of aliphatic hydroxyl groups excluding tert-OH is 4. The fraction of sp³-hybridized carbons (Fsp3) is 0.385. The maximum atomic E-state index is 11.6. The fourth-order valence-corrected chi connectivity index (χ4v) is 1.51. The molecule has 6 nitrogen and oxygen atoms in total. The molecule has 0 spiro atoms. The van der Waals surface area contributed by atoms with Crippen LogP contribution >= 0.6 is 0 Å². The van der Waals surface area contributed by atoms with Crippen LogP contribution in [0.25, 0.3) is 0 Å². The average molecular weight is 268 g/mol. The molecule has 0 unspecified atom stereocenters. The standard InChI is InChI=1S/C13H16O6/c14-7-10(16)12(18)13(19)11(17)9(15)6-8-4-2-1-3-5-8/h1-5,10,12-14,16,18-19H,6-7H2/t10-,12+,13-/m0/s1. The van der Waals surface area contributed by atoms with Crippen molar-refractivity contribution < 1.29 is 30.0 Å². The summed E-state index contributed by atoms with van der Waals surface area (Å²) in [6, 6.07) is 8.46. The Kier molecular flexibility index (Phi) is 5.78. The van der Waals surface area contributed by atoms with Gasteiger partial charge >= 0.3 is 0 Å². The molecule has 3 atom stereocenters. The van der Waals surface area contributed by atoms with Crippen LogP contribution in [0.15, 0.2) is 30.3 Å². The van der Waals surface area contributed by atoms with Crippen molar-refractivity contribution in [2.75, 3.05) is 6.61 Å². The summed E-state index contributed by atoms with van der Waals surface area (Å²) in [5.74, 6) is -2.06. The molecule has 0 aliphatic rings. The van der Waals surface area contributed by atoms with Crippen molar-refractivity contribution in [1.29, 1.82) is 0 Å². The largest absolute Gasteiger partial charge is 0.394 e. The van der Waals surface area contributed by atoms with Gasteiger partial charge in [-0.2, -0.15) is 0 Å². The van der Waals surface area contributed by atoms with Gasteiger partial charge in [0, 0.05) is 6.42 Å². The van der Waals surface area contributed by atoms with Crippen molar-refractivity contribution in [2.45, 2.75) is 24.7 Å². The van der Waals surface area contributed by atoms with E-state index < -0.39 is 36.5 Å². The Morgan fingerprint density at radius 2 is 1.63 bits per heavy atom. The Bertz CT molecular complexity index is 430. The lowest BCUT2D eigenvalue weighted by atomic mass is 9.98. The predicted octanol–water partition coefficient (Wildman–Crippen LogP) is -1.56. The minimum Gasteiger partial charge on any atom is -0.394 e. The van der Waals surface area contributed by atoms with Gasteiger partial charge in [0.25, 0.3) is 0 Å². The molecule has 0 saturated heterocycles. The Labute approximate surface area is 109 Å². The Morgan fingerprint density at radius 1 is 1.05 bits per heavy atom. The van der Waals surface area contributed by atoms with Crippen LogP contribution in [0.3, 0.4) is 0 Å². The van der Waals surface area contributed by atoms with Gasteiger partial charge in [-0.1, -0.05) is 30.3 Å². The van der Waals surface area contributed by atoms with Crippen molar-refractivity contribution in [3.63, 3.8) is 0 Å². The first-order chi connectivity index (χ1) is 8.97. The van der Waals surface area contributed by atoms with Gasteiger partial charge in [0.2, 0.25) is 11.6 Å². The first kappa shape index (κ1) is 15.5. The lowest BCUT2D eigenvalue weighted by molar-refractivity contribution is -0.149. The summed E-state index contributed by atoms with van der Waals surface area (Å²) in [5, 5.41) is 36.5. The second kappa shape index (κ2) is 7.10. The number of carbonyl (C=O) groups is 2. The Morgan fingerprint density at radius 3 is 2.16 bits per heavy atom. The third kappa shape index (κ3) is 4.22. The van der Waals surface area contributed by atoms with Gasteiger partial charge in [-0.15, -0.1) is 0 Å². The van der Waals surface area contributed by atoms with Crippen LogP contribution in [0.5, 0.6) is 0 Å². The van der Waals surface area contributed by atoms with E-state index in [2.05, 4.69) is 0 Å². The second-order valence-corrected chi connectivity index (χ2v) is 4.14. The SMILES string of the molecule is O=C(Cc1ccccc1)C(=O)[C@H](O)[C@H](O)[C@@H](O)CO. The number of Topliss-reactive ketones (excluding diaryl/α,β-unsaturated/α-hetero) is 2. The number of rotatable bonds is 7. The minimum atomic E-state index is -2.04. The van der Waals surface area contributed by atoms with E-state index in [0.29, 0.717) is 5.56 Å². The van der Waals surface area contributed by atoms with Crippen molar-refractivity contribution in [2.24, 2.45) is 0 Å². The zero-order valence-corrected chi connectivity index (χ0v) is 10.1. The molecule has 6 heteroatoms. The van der Waals surface area contributed by atoms with Crippen LogP contribution < -0.4 is 0 Å². The summed E-state index contributed by atoms with van der Waals surface area (Å²) in [7, 11) is 0. The molecule has 1 aromatic carbocycles. The number of aliphatic hydroxyl groups is 4. The third-order valence-electron chi connectivity index (χ3n) is 2.66. The number of carbonyl (C=O) groups excluding carboxylic acids is 2. The average Bonchev–Trinajstić information content (AvgIpc) is 2.44. The highest BCUT2D eigenvalue weighted by Gasteiger charge is 2.33. The smallest absolute Gasteiger partial charge is 0.229 e. The molecule has 0 amide bonds. The molecule has 0 aliphatic heterocycles. The monoisotopic (exact) mass is 268 g/mol. The quantitative estimate of drug-likeness (QED) is 0.445. The molecule has 0 fully saturated rings. The summed E-state index contributed by atoms with van der Waals surface area (Å²) in [4.78, 5) is 23.2. The van der Waals surface area contributed by atoms with Crippen LogP contribution in [0.1, 0.15) is 5.56 Å². The molecular formula is C13H16O6. The van der Waals surface area contributed by atoms with Gasteiger partial charge < -0.3 is 20.4 Å². The van der Waals surface area contributed by atoms with Gasteiger partial charge in [0.1, 0.15) is 18.3 Å². The number of ketones is 2. The third-order valence-corrected chi connectivity index (χ3v) is 2.66. The van der Waals surface area contributed by atoms with E-state index in [1.165, 1.54) is 0 Å². The summed E-state index contributed by atoms with van der Waals surface area (Å²) >= 11 is 0. The molecule has 1 rings (SSSR count). The van der Waals surface area contributed by atoms with Crippen molar-refractivity contribution in [1.82, 2.24) is 0 Å². The predicted molar refractivity (Wildman–Crippen MR) is 65.3 cm³/mol. The van der Waals surface area contributed by atoms with Gasteiger partial charge in [-0.05, 0) is 5.56 Å². The maximum Gasteiger partial charge on any atom is 0.229 e. The zero-order chi connectivity index (χ0) is 14.4.